The molecular formula is C20H21F2N7O3. The highest BCUT2D eigenvalue weighted by Gasteiger charge is 2.41. The number of alkyl halides is 2. The first-order chi connectivity index (χ1) is 15.2. The molecule has 5 rings (SSSR count). The van der Waals surface area contributed by atoms with Crippen LogP contribution in [0.3, 0.4) is 0 Å². The summed E-state index contributed by atoms with van der Waals surface area (Å²) in [5, 5.41) is 8.06. The van der Waals surface area contributed by atoms with Crippen LogP contribution in [-0.2, 0) is 15.5 Å². The quantitative estimate of drug-likeness (QED) is 0.637. The van der Waals surface area contributed by atoms with Gasteiger partial charge in [-0.05, 0) is 6.42 Å². The van der Waals surface area contributed by atoms with Crippen LogP contribution in [0.4, 0.5) is 20.4 Å². The predicted octanol–water partition coefficient (Wildman–Crippen LogP) is 2.27. The fourth-order valence-electron chi connectivity index (χ4n) is 4.11. The van der Waals surface area contributed by atoms with Gasteiger partial charge in [0.1, 0.15) is 5.82 Å². The van der Waals surface area contributed by atoms with Gasteiger partial charge >= 0.3 is 5.92 Å². The Morgan fingerprint density at radius 3 is 2.78 bits per heavy atom. The van der Waals surface area contributed by atoms with Crippen LogP contribution >= 0.6 is 0 Å². The first-order valence-corrected chi connectivity index (χ1v) is 10.1. The number of fused-ring (bicyclic) bond motifs is 3. The molecule has 5 heterocycles. The Morgan fingerprint density at radius 1 is 1.34 bits per heavy atom. The lowest BCUT2D eigenvalue weighted by atomic mass is 10.2. The second kappa shape index (κ2) is 7.33. The Hall–Kier alpha value is -3.41. The maximum Gasteiger partial charge on any atom is 0.304 e. The summed E-state index contributed by atoms with van der Waals surface area (Å²) >= 11 is 0. The van der Waals surface area contributed by atoms with E-state index in [1.807, 2.05) is 0 Å². The second-order valence-electron chi connectivity index (χ2n) is 7.98. The Balaban J connectivity index is 1.70. The van der Waals surface area contributed by atoms with Gasteiger partial charge in [-0.25, -0.2) is 14.6 Å². The maximum absolute atomic E-state index is 14.1. The van der Waals surface area contributed by atoms with Crippen LogP contribution < -0.4 is 15.0 Å². The minimum absolute atomic E-state index is 0.0125. The van der Waals surface area contributed by atoms with E-state index in [4.69, 9.17) is 14.6 Å². The zero-order valence-corrected chi connectivity index (χ0v) is 17.7. The molecule has 0 spiro atoms. The van der Waals surface area contributed by atoms with Crippen molar-refractivity contribution in [2.75, 3.05) is 30.5 Å². The van der Waals surface area contributed by atoms with Gasteiger partial charge in [-0.1, -0.05) is 0 Å². The first-order valence-electron chi connectivity index (χ1n) is 10.1. The highest BCUT2D eigenvalue weighted by molar-refractivity contribution is 5.95. The number of amides is 1. The molecule has 1 N–H and O–H groups in total. The number of anilines is 2. The molecule has 3 aromatic heterocycles. The molecule has 1 amide bonds. The van der Waals surface area contributed by atoms with Crippen molar-refractivity contribution in [3.8, 4) is 11.7 Å². The number of nitrogens with zero attached hydrogens (tertiary/aromatic N) is 6. The number of hydrogen-bond donors (Lipinski definition) is 1. The first kappa shape index (κ1) is 20.5. The molecule has 10 nitrogen and oxygen atoms in total. The molecule has 0 radical (unpaired) electrons. The zero-order valence-electron chi connectivity index (χ0n) is 17.7. The number of carbonyl (C=O) groups is 1. The topological polar surface area (TPSA) is 107 Å². The predicted molar refractivity (Wildman–Crippen MR) is 110 cm³/mol. The minimum atomic E-state index is -3.27. The molecule has 2 aliphatic heterocycles. The van der Waals surface area contributed by atoms with Crippen molar-refractivity contribution in [1.82, 2.24) is 24.7 Å². The number of methoxy groups -OCH3 is 1. The molecule has 0 aromatic carbocycles. The fourth-order valence-corrected chi connectivity index (χ4v) is 4.11. The third-order valence-corrected chi connectivity index (χ3v) is 5.53. The van der Waals surface area contributed by atoms with Gasteiger partial charge in [-0.2, -0.15) is 13.8 Å². The number of pyridine rings is 1. The highest BCUT2D eigenvalue weighted by Crippen LogP contribution is 2.37. The second-order valence-corrected chi connectivity index (χ2v) is 7.98. The van der Waals surface area contributed by atoms with Gasteiger partial charge in [0.2, 0.25) is 17.6 Å². The van der Waals surface area contributed by atoms with Crippen molar-refractivity contribution in [3.63, 3.8) is 0 Å². The van der Waals surface area contributed by atoms with Crippen molar-refractivity contribution in [2.45, 2.75) is 38.3 Å². The zero-order chi connectivity index (χ0) is 22.6. The number of aromatic nitrogens is 5. The average molecular weight is 445 g/mol. The van der Waals surface area contributed by atoms with Crippen LogP contribution in [0.25, 0.3) is 16.7 Å². The third-order valence-electron chi connectivity index (χ3n) is 5.53. The van der Waals surface area contributed by atoms with Crippen molar-refractivity contribution >= 4 is 28.4 Å². The van der Waals surface area contributed by atoms with Gasteiger partial charge < -0.3 is 19.7 Å². The lowest BCUT2D eigenvalue weighted by molar-refractivity contribution is -0.114. The summed E-state index contributed by atoms with van der Waals surface area (Å²) in [4.78, 5) is 25.8. The highest BCUT2D eigenvalue weighted by atomic mass is 19.3. The molecule has 3 aromatic rings. The van der Waals surface area contributed by atoms with Crippen LogP contribution in [0.15, 0.2) is 18.3 Å². The van der Waals surface area contributed by atoms with E-state index in [1.165, 1.54) is 24.8 Å². The number of hydrogen-bond acceptors (Lipinski definition) is 8. The molecule has 168 valence electrons. The van der Waals surface area contributed by atoms with E-state index in [2.05, 4.69) is 25.2 Å². The summed E-state index contributed by atoms with van der Waals surface area (Å²) < 4.78 is 40.4. The van der Waals surface area contributed by atoms with E-state index in [0.717, 1.165) is 13.3 Å². The lowest BCUT2D eigenvalue weighted by Crippen LogP contribution is -2.37. The number of morpholine rings is 1. The van der Waals surface area contributed by atoms with E-state index in [1.54, 1.807) is 12.3 Å². The molecule has 12 heteroatoms. The van der Waals surface area contributed by atoms with Crippen molar-refractivity contribution in [1.29, 1.82) is 0 Å². The number of nitrogens with one attached hydrogen (secondary N) is 1. The number of ether oxygens (including phenoxy) is 2. The van der Waals surface area contributed by atoms with Crippen LogP contribution in [0.5, 0.6) is 5.88 Å². The van der Waals surface area contributed by atoms with Gasteiger partial charge in [-0.3, -0.25) is 4.79 Å². The molecule has 0 saturated carbocycles. The lowest BCUT2D eigenvalue weighted by Gasteiger charge is -2.26. The van der Waals surface area contributed by atoms with Crippen molar-refractivity contribution in [2.24, 2.45) is 0 Å². The summed E-state index contributed by atoms with van der Waals surface area (Å²) in [6, 6.07) is 3.25. The van der Waals surface area contributed by atoms with Crippen molar-refractivity contribution in [3.05, 3.63) is 24.2 Å². The van der Waals surface area contributed by atoms with Crippen molar-refractivity contribution < 1.29 is 23.0 Å². The Morgan fingerprint density at radius 2 is 2.16 bits per heavy atom. The van der Waals surface area contributed by atoms with Gasteiger partial charge in [0.05, 0.1) is 36.8 Å². The minimum Gasteiger partial charge on any atom is -0.481 e. The van der Waals surface area contributed by atoms with Gasteiger partial charge in [0.15, 0.2) is 11.6 Å². The molecule has 2 fully saturated rings. The van der Waals surface area contributed by atoms with Gasteiger partial charge in [-0.15, -0.1) is 5.10 Å². The van der Waals surface area contributed by atoms with Crippen LogP contribution in [0.2, 0.25) is 0 Å². The SMILES string of the molecule is COc1cc(-n2nc(N3CC4CC3CO4)c3cnc(NC(C)=O)cc32)nc(C(C)(F)F)n1. The Labute approximate surface area is 181 Å². The molecule has 2 unspecified atom stereocenters. The van der Waals surface area contributed by atoms with Crippen LogP contribution in [0, 0.1) is 0 Å². The number of carbonyl (C=O) groups excluding carboxylic acids is 1. The molecule has 2 bridgehead atoms. The molecule has 2 atom stereocenters. The summed E-state index contributed by atoms with van der Waals surface area (Å²) in [5.74, 6) is -3.17. The number of rotatable bonds is 5. The summed E-state index contributed by atoms with van der Waals surface area (Å²) in [6.45, 7) is 3.37. The van der Waals surface area contributed by atoms with E-state index >= 15 is 0 Å². The largest absolute Gasteiger partial charge is 0.481 e. The monoisotopic (exact) mass is 445 g/mol. The fraction of sp³-hybridized carbons (Fsp3) is 0.450. The molecule has 0 aliphatic carbocycles. The molecule has 2 saturated heterocycles. The van der Waals surface area contributed by atoms with E-state index in [9.17, 15) is 13.6 Å². The molecule has 2 aliphatic rings. The van der Waals surface area contributed by atoms with Crippen LogP contribution in [0.1, 0.15) is 26.1 Å². The molecule has 32 heavy (non-hydrogen) atoms. The smallest absolute Gasteiger partial charge is 0.304 e. The maximum atomic E-state index is 14.1. The van der Waals surface area contributed by atoms with E-state index in [0.29, 0.717) is 35.7 Å². The standard InChI is InChI=1S/C20H21F2N7O3/c1-10(30)24-15-5-14-13(7-23-15)18(28-8-12-4-11(28)9-32-12)27-29(14)16-6-17(31-3)26-19(25-16)20(2,21)22/h5-7,11-12H,4,8-9H2,1-3H3,(H,23,24,30). The average Bonchev–Trinajstić information content (AvgIpc) is 3.46. The van der Waals surface area contributed by atoms with E-state index < -0.39 is 11.7 Å². The Bertz CT molecular complexity index is 1210. The third kappa shape index (κ3) is 3.49. The summed E-state index contributed by atoms with van der Waals surface area (Å²) in [6.07, 6.45) is 2.65. The normalized spacial score (nSPS) is 20.2. The van der Waals surface area contributed by atoms with Crippen LogP contribution in [-0.4, -0.2) is 63.0 Å². The van der Waals surface area contributed by atoms with Gasteiger partial charge in [0, 0.05) is 38.7 Å². The molecular weight excluding hydrogens is 424 g/mol. The summed E-state index contributed by atoms with van der Waals surface area (Å²) in [5.41, 5.74) is 0.550. The van der Waals surface area contributed by atoms with Gasteiger partial charge in [0.25, 0.3) is 0 Å². The Kier molecular flexibility index (Phi) is 4.69. The summed E-state index contributed by atoms with van der Waals surface area (Å²) in [7, 11) is 1.34. The van der Waals surface area contributed by atoms with E-state index in [-0.39, 0.29) is 29.8 Å². The number of halogens is 2.